The first-order chi connectivity index (χ1) is 8.76. The predicted molar refractivity (Wildman–Crippen MR) is 76.5 cm³/mol. The van der Waals surface area contributed by atoms with E-state index in [4.69, 9.17) is 17.0 Å². The van der Waals surface area contributed by atoms with E-state index >= 15 is 0 Å². The summed E-state index contributed by atoms with van der Waals surface area (Å²) in [6, 6.07) is 0. The summed E-state index contributed by atoms with van der Waals surface area (Å²) in [7, 11) is 0. The van der Waals surface area contributed by atoms with Crippen LogP contribution in [0.25, 0.3) is 0 Å². The summed E-state index contributed by atoms with van der Waals surface area (Å²) in [5, 5.41) is 11.2. The summed E-state index contributed by atoms with van der Waals surface area (Å²) < 4.78 is 7.14. The molecule has 0 atom stereocenters. The molecule has 6 heteroatoms. The minimum Gasteiger partial charge on any atom is -0.382 e. The first-order valence-electron chi connectivity index (χ1n) is 6.37. The number of thiocarbonyl (C=S) groups is 1. The van der Waals surface area contributed by atoms with Crippen molar-refractivity contribution in [2.45, 2.75) is 33.4 Å². The fourth-order valence-corrected chi connectivity index (χ4v) is 1.61. The third kappa shape index (κ3) is 5.97. The second-order valence-electron chi connectivity index (χ2n) is 3.86. The minimum atomic E-state index is 0.677. The van der Waals surface area contributed by atoms with Crippen molar-refractivity contribution in [2.24, 2.45) is 0 Å². The Hall–Kier alpha value is -1.14. The lowest BCUT2D eigenvalue weighted by molar-refractivity contribution is 0.145. The van der Waals surface area contributed by atoms with Gasteiger partial charge in [-0.3, -0.25) is 4.68 Å². The molecule has 0 saturated carbocycles. The Bertz CT molecular complexity index is 354. The third-order valence-corrected chi connectivity index (χ3v) is 2.71. The zero-order valence-corrected chi connectivity index (χ0v) is 11.9. The molecule has 1 aromatic heterocycles. The topological polar surface area (TPSA) is 51.1 Å². The van der Waals surface area contributed by atoms with Gasteiger partial charge in [0.15, 0.2) is 5.11 Å². The first-order valence-corrected chi connectivity index (χ1v) is 6.77. The summed E-state index contributed by atoms with van der Waals surface area (Å²) in [6.07, 6.45) is 4.84. The molecule has 0 spiro atoms. The highest BCUT2D eigenvalue weighted by molar-refractivity contribution is 7.80. The van der Waals surface area contributed by atoms with Gasteiger partial charge in [0.2, 0.25) is 0 Å². The highest BCUT2D eigenvalue weighted by Crippen LogP contribution is 1.96. The van der Waals surface area contributed by atoms with Gasteiger partial charge in [0.1, 0.15) is 0 Å². The number of rotatable bonds is 8. The van der Waals surface area contributed by atoms with Gasteiger partial charge in [0.05, 0.1) is 6.20 Å². The molecular weight excluding hydrogens is 248 g/mol. The van der Waals surface area contributed by atoms with Gasteiger partial charge in [0.25, 0.3) is 0 Å². The van der Waals surface area contributed by atoms with Gasteiger partial charge in [-0.05, 0) is 32.5 Å². The molecule has 0 aliphatic heterocycles. The van der Waals surface area contributed by atoms with Crippen molar-refractivity contribution < 1.29 is 4.74 Å². The maximum Gasteiger partial charge on any atom is 0.166 e. The average molecular weight is 270 g/mol. The summed E-state index contributed by atoms with van der Waals surface area (Å²) in [6.45, 7) is 8.03. The Morgan fingerprint density at radius 1 is 1.44 bits per heavy atom. The second-order valence-corrected chi connectivity index (χ2v) is 4.27. The van der Waals surface area contributed by atoms with E-state index in [-0.39, 0.29) is 0 Å². The molecule has 1 rings (SSSR count). The molecule has 0 aliphatic rings. The molecule has 0 saturated heterocycles. The van der Waals surface area contributed by atoms with Crippen LogP contribution in [0.4, 0.5) is 0 Å². The Morgan fingerprint density at radius 2 is 2.28 bits per heavy atom. The smallest absolute Gasteiger partial charge is 0.166 e. The molecule has 0 bridgehead atoms. The van der Waals surface area contributed by atoms with Gasteiger partial charge < -0.3 is 15.4 Å². The normalized spacial score (nSPS) is 10.3. The van der Waals surface area contributed by atoms with Crippen LogP contribution in [-0.4, -0.2) is 34.7 Å². The van der Waals surface area contributed by atoms with E-state index in [2.05, 4.69) is 22.7 Å². The largest absolute Gasteiger partial charge is 0.382 e. The van der Waals surface area contributed by atoms with Crippen molar-refractivity contribution in [1.29, 1.82) is 0 Å². The van der Waals surface area contributed by atoms with Gasteiger partial charge in [-0.1, -0.05) is 0 Å². The van der Waals surface area contributed by atoms with Crippen molar-refractivity contribution in [3.8, 4) is 0 Å². The van der Waals surface area contributed by atoms with Gasteiger partial charge in [-0.25, -0.2) is 0 Å². The lowest BCUT2D eigenvalue weighted by Crippen LogP contribution is -2.35. The second kappa shape index (κ2) is 8.88. The Kier molecular flexibility index (Phi) is 7.36. The zero-order valence-electron chi connectivity index (χ0n) is 11.1. The highest BCUT2D eigenvalue weighted by atomic mass is 32.1. The number of aryl methyl sites for hydroxylation is 1. The van der Waals surface area contributed by atoms with Crippen molar-refractivity contribution in [2.75, 3.05) is 19.8 Å². The molecule has 102 valence electrons. The Labute approximate surface area is 114 Å². The standard InChI is InChI=1S/C12H22N4OS/c1-3-16-10-11(9-15-16)8-14-12(18)13-6-5-7-17-4-2/h9-10H,3-8H2,1-2H3,(H2,13,14,18). The van der Waals surface area contributed by atoms with Crippen LogP contribution in [-0.2, 0) is 17.8 Å². The maximum atomic E-state index is 5.24. The van der Waals surface area contributed by atoms with Crippen LogP contribution in [0.15, 0.2) is 12.4 Å². The molecule has 0 radical (unpaired) electrons. The van der Waals surface area contributed by atoms with Crippen molar-refractivity contribution in [3.63, 3.8) is 0 Å². The van der Waals surface area contributed by atoms with Crippen LogP contribution < -0.4 is 10.6 Å². The van der Waals surface area contributed by atoms with Crippen molar-refractivity contribution in [1.82, 2.24) is 20.4 Å². The van der Waals surface area contributed by atoms with E-state index in [1.165, 1.54) is 0 Å². The van der Waals surface area contributed by atoms with Gasteiger partial charge >= 0.3 is 0 Å². The fourth-order valence-electron chi connectivity index (χ4n) is 1.44. The number of aromatic nitrogens is 2. The number of nitrogens with one attached hydrogen (secondary N) is 2. The molecule has 0 unspecified atom stereocenters. The van der Waals surface area contributed by atoms with Crippen molar-refractivity contribution >= 4 is 17.3 Å². The Balaban J connectivity index is 2.09. The summed E-state index contributed by atoms with van der Waals surface area (Å²) in [5.74, 6) is 0. The SMILES string of the molecule is CCOCCCNC(=S)NCc1cnn(CC)c1. The molecule has 0 aromatic carbocycles. The summed E-state index contributed by atoms with van der Waals surface area (Å²) in [4.78, 5) is 0. The van der Waals surface area contributed by atoms with Crippen LogP contribution >= 0.6 is 12.2 Å². The molecule has 18 heavy (non-hydrogen) atoms. The van der Waals surface area contributed by atoms with Gasteiger partial charge in [-0.15, -0.1) is 0 Å². The highest BCUT2D eigenvalue weighted by Gasteiger charge is 1.99. The molecule has 2 N–H and O–H groups in total. The van der Waals surface area contributed by atoms with Crippen LogP contribution in [0.5, 0.6) is 0 Å². The maximum absolute atomic E-state index is 5.24. The predicted octanol–water partition coefficient (Wildman–Crippen LogP) is 1.29. The number of ether oxygens (including phenoxy) is 1. The molecule has 0 aliphatic carbocycles. The monoisotopic (exact) mass is 270 g/mol. The molecule has 5 nitrogen and oxygen atoms in total. The molecular formula is C12H22N4OS. The van der Waals surface area contributed by atoms with Crippen LogP contribution in [0.2, 0.25) is 0 Å². The average Bonchev–Trinajstić information content (AvgIpc) is 2.84. The van der Waals surface area contributed by atoms with E-state index in [1.54, 1.807) is 0 Å². The Morgan fingerprint density at radius 3 is 2.94 bits per heavy atom. The number of hydrogen-bond donors (Lipinski definition) is 2. The fraction of sp³-hybridized carbons (Fsp3) is 0.667. The summed E-state index contributed by atoms with van der Waals surface area (Å²) >= 11 is 5.18. The van der Waals surface area contributed by atoms with Gasteiger partial charge in [0, 0.05) is 44.6 Å². The first kappa shape index (κ1) is 14.9. The van der Waals surface area contributed by atoms with E-state index < -0.39 is 0 Å². The van der Waals surface area contributed by atoms with Gasteiger partial charge in [-0.2, -0.15) is 5.10 Å². The number of hydrogen-bond acceptors (Lipinski definition) is 3. The third-order valence-electron chi connectivity index (χ3n) is 2.42. The number of nitrogens with zero attached hydrogens (tertiary/aromatic N) is 2. The lowest BCUT2D eigenvalue weighted by atomic mass is 10.4. The minimum absolute atomic E-state index is 0.677. The quantitative estimate of drug-likeness (QED) is 0.551. The van der Waals surface area contributed by atoms with E-state index in [0.717, 1.165) is 38.3 Å². The summed E-state index contributed by atoms with van der Waals surface area (Å²) in [5.41, 5.74) is 1.13. The van der Waals surface area contributed by atoms with Crippen molar-refractivity contribution in [3.05, 3.63) is 18.0 Å². The molecule has 0 fully saturated rings. The van der Waals surface area contributed by atoms with Crippen LogP contribution in [0, 0.1) is 0 Å². The van der Waals surface area contributed by atoms with Crippen LogP contribution in [0.3, 0.4) is 0 Å². The van der Waals surface area contributed by atoms with E-state index in [9.17, 15) is 0 Å². The van der Waals surface area contributed by atoms with E-state index in [1.807, 2.05) is 24.0 Å². The zero-order chi connectivity index (χ0) is 13.2. The molecule has 0 amide bonds. The molecule has 1 aromatic rings. The molecule has 1 heterocycles. The van der Waals surface area contributed by atoms with Crippen LogP contribution in [0.1, 0.15) is 25.8 Å². The lowest BCUT2D eigenvalue weighted by Gasteiger charge is -2.09. The van der Waals surface area contributed by atoms with E-state index in [0.29, 0.717) is 11.7 Å².